The molecule has 0 aliphatic heterocycles. The molecule has 0 N–H and O–H groups in total. The average Bonchev–Trinajstić information content (AvgIpc) is 3.59. The molecule has 0 amide bonds. The van der Waals surface area contributed by atoms with Crippen LogP contribution in [-0.4, -0.2) is 15.0 Å². The first-order valence-electron chi connectivity index (χ1n) is 15.7. The Morgan fingerprint density at radius 2 is 1.23 bits per heavy atom. The molecule has 2 aromatic heterocycles. The summed E-state index contributed by atoms with van der Waals surface area (Å²) in [6.07, 6.45) is 7.29. The van der Waals surface area contributed by atoms with Gasteiger partial charge >= 0.3 is 0 Å². The zero-order valence-electron chi connectivity index (χ0n) is 25.4. The fraction of sp³-hybridized carbons (Fsp3) is 0.0976. The van der Waals surface area contributed by atoms with Crippen LogP contribution in [0.2, 0.25) is 0 Å². The highest BCUT2D eigenvalue weighted by atomic mass is 19.3. The number of nitrogens with zero attached hydrogens (tertiary/aromatic N) is 3. The molecule has 226 valence electrons. The van der Waals surface area contributed by atoms with Crippen molar-refractivity contribution in [3.63, 3.8) is 0 Å². The molecule has 2 heterocycles. The number of para-hydroxylation sites is 1. The Hall–Kier alpha value is -5.75. The number of allylic oxidation sites excluding steroid dienone is 4. The molecule has 1 unspecified atom stereocenters. The van der Waals surface area contributed by atoms with Crippen molar-refractivity contribution >= 4 is 27.5 Å². The van der Waals surface area contributed by atoms with Crippen LogP contribution in [0.4, 0.5) is 8.78 Å². The van der Waals surface area contributed by atoms with Gasteiger partial charge in [-0.3, -0.25) is 0 Å². The Bertz CT molecular complexity index is 2440. The van der Waals surface area contributed by atoms with Gasteiger partial charge in [0.05, 0.1) is 0 Å². The number of hydrogen-bond donors (Lipinski definition) is 0. The van der Waals surface area contributed by atoms with Crippen LogP contribution in [0.3, 0.4) is 0 Å². The predicted octanol–water partition coefficient (Wildman–Crippen LogP) is 10.9. The summed E-state index contributed by atoms with van der Waals surface area (Å²) in [5.41, 5.74) is 6.78. The SMILES string of the molecule is CC1C=C(c2nc(-c3ccccc3)nc(-c3ccc4c(c3)-c3cc(-c5ccc6oc7ccccc7c6c5)ccc3C4(F)F)n2)C=CC1. The number of hydrogen-bond acceptors (Lipinski definition) is 4. The van der Waals surface area contributed by atoms with Gasteiger partial charge in [0, 0.05) is 38.6 Å². The lowest BCUT2D eigenvalue weighted by Crippen LogP contribution is -2.10. The summed E-state index contributed by atoms with van der Waals surface area (Å²) >= 11 is 0. The van der Waals surface area contributed by atoms with Crippen molar-refractivity contribution in [2.24, 2.45) is 5.92 Å². The average molecular weight is 616 g/mol. The van der Waals surface area contributed by atoms with Crippen LogP contribution in [0, 0.1) is 5.92 Å². The summed E-state index contributed by atoms with van der Waals surface area (Å²) in [6, 6.07) is 33.9. The fourth-order valence-corrected chi connectivity index (χ4v) is 6.79. The van der Waals surface area contributed by atoms with E-state index in [9.17, 15) is 0 Å². The van der Waals surface area contributed by atoms with E-state index in [-0.39, 0.29) is 11.1 Å². The quantitative estimate of drug-likeness (QED) is 0.198. The van der Waals surface area contributed by atoms with E-state index in [0.717, 1.165) is 50.6 Å². The highest BCUT2D eigenvalue weighted by Gasteiger charge is 2.44. The van der Waals surface area contributed by atoms with E-state index in [1.165, 1.54) is 6.07 Å². The normalized spacial score (nSPS) is 16.3. The zero-order chi connectivity index (χ0) is 31.7. The second-order valence-electron chi connectivity index (χ2n) is 12.3. The second kappa shape index (κ2) is 10.4. The highest BCUT2D eigenvalue weighted by molar-refractivity contribution is 6.06. The van der Waals surface area contributed by atoms with E-state index in [1.54, 1.807) is 24.3 Å². The monoisotopic (exact) mass is 615 g/mol. The first kappa shape index (κ1) is 27.6. The molecule has 2 aliphatic carbocycles. The van der Waals surface area contributed by atoms with Crippen molar-refractivity contribution in [3.8, 4) is 45.0 Å². The maximum atomic E-state index is 15.9. The zero-order valence-corrected chi connectivity index (χ0v) is 25.4. The molecule has 7 aromatic rings. The molecule has 9 rings (SSSR count). The maximum Gasteiger partial charge on any atom is 0.299 e. The Morgan fingerprint density at radius 3 is 2.02 bits per heavy atom. The molecular weight excluding hydrogens is 588 g/mol. The van der Waals surface area contributed by atoms with Gasteiger partial charge in [-0.2, -0.15) is 8.78 Å². The summed E-state index contributed by atoms with van der Waals surface area (Å²) in [7, 11) is 0. The van der Waals surface area contributed by atoms with E-state index in [4.69, 9.17) is 19.4 Å². The molecule has 0 saturated heterocycles. The molecule has 47 heavy (non-hydrogen) atoms. The molecule has 0 radical (unpaired) electrons. The van der Waals surface area contributed by atoms with Crippen LogP contribution < -0.4 is 0 Å². The molecule has 0 fully saturated rings. The number of alkyl halides is 2. The number of rotatable bonds is 4. The molecule has 4 nitrogen and oxygen atoms in total. The van der Waals surface area contributed by atoms with Crippen LogP contribution >= 0.6 is 0 Å². The fourth-order valence-electron chi connectivity index (χ4n) is 6.79. The Morgan fingerprint density at radius 1 is 0.617 bits per heavy atom. The second-order valence-corrected chi connectivity index (χ2v) is 12.3. The Balaban J connectivity index is 1.18. The number of furan rings is 1. The molecule has 0 saturated carbocycles. The first-order chi connectivity index (χ1) is 22.9. The third kappa shape index (κ3) is 4.51. The van der Waals surface area contributed by atoms with Crippen LogP contribution in [-0.2, 0) is 5.92 Å². The lowest BCUT2D eigenvalue weighted by atomic mass is 9.96. The number of fused-ring (bicyclic) bond motifs is 6. The summed E-state index contributed by atoms with van der Waals surface area (Å²) < 4.78 is 37.8. The molecule has 5 aromatic carbocycles. The standard InChI is InChI=1S/C41H27F2N3O/c1-24-8-7-11-28(20-24)39-44-38(25-9-3-2-4-10-25)45-40(46-39)29-15-18-35-32(23-29)31-21-26(14-17-34(31)41(35,42)43)27-16-19-37-33(22-27)30-12-5-6-13-36(30)47-37/h2-7,9-24H,8H2,1H3. The van der Waals surface area contributed by atoms with Crippen molar-refractivity contribution in [1.29, 1.82) is 0 Å². The lowest BCUT2D eigenvalue weighted by molar-refractivity contribution is 0.0480. The van der Waals surface area contributed by atoms with E-state index >= 15 is 8.78 Å². The minimum atomic E-state index is -3.13. The maximum absolute atomic E-state index is 15.9. The Labute approximate surface area is 269 Å². The van der Waals surface area contributed by atoms with Crippen molar-refractivity contribution < 1.29 is 13.2 Å². The first-order valence-corrected chi connectivity index (χ1v) is 15.7. The van der Waals surface area contributed by atoms with Gasteiger partial charge in [-0.1, -0.05) is 104 Å². The third-order valence-electron chi connectivity index (χ3n) is 9.17. The molecule has 1 atom stereocenters. The minimum Gasteiger partial charge on any atom is -0.456 e. The number of halogens is 2. The third-order valence-corrected chi connectivity index (χ3v) is 9.17. The van der Waals surface area contributed by atoms with Crippen molar-refractivity contribution in [1.82, 2.24) is 15.0 Å². The van der Waals surface area contributed by atoms with Gasteiger partial charge < -0.3 is 4.42 Å². The van der Waals surface area contributed by atoms with E-state index in [2.05, 4.69) is 25.1 Å². The summed E-state index contributed by atoms with van der Waals surface area (Å²) in [4.78, 5) is 14.6. The summed E-state index contributed by atoms with van der Waals surface area (Å²) in [5, 5.41) is 2.01. The van der Waals surface area contributed by atoms with Gasteiger partial charge in [0.15, 0.2) is 17.5 Å². The van der Waals surface area contributed by atoms with Crippen molar-refractivity contribution in [3.05, 3.63) is 144 Å². The Kier molecular flexibility index (Phi) is 6.09. The lowest BCUT2D eigenvalue weighted by Gasteiger charge is -2.14. The van der Waals surface area contributed by atoms with Crippen LogP contribution in [0.5, 0.6) is 0 Å². The molecule has 6 heteroatoms. The van der Waals surface area contributed by atoms with Gasteiger partial charge in [0.2, 0.25) is 0 Å². The highest BCUT2D eigenvalue weighted by Crippen LogP contribution is 2.52. The minimum absolute atomic E-state index is 0.00367. The van der Waals surface area contributed by atoms with Crippen LogP contribution in [0.15, 0.2) is 132 Å². The van der Waals surface area contributed by atoms with E-state index < -0.39 is 5.92 Å². The van der Waals surface area contributed by atoms with Gasteiger partial charge in [-0.05, 0) is 64.9 Å². The smallest absolute Gasteiger partial charge is 0.299 e. The largest absolute Gasteiger partial charge is 0.456 e. The topological polar surface area (TPSA) is 51.8 Å². The predicted molar refractivity (Wildman–Crippen MR) is 183 cm³/mol. The molecule has 0 spiro atoms. The van der Waals surface area contributed by atoms with Crippen LogP contribution in [0.25, 0.3) is 72.5 Å². The van der Waals surface area contributed by atoms with E-state index in [0.29, 0.717) is 40.1 Å². The van der Waals surface area contributed by atoms with Crippen LogP contribution in [0.1, 0.15) is 30.3 Å². The molecule has 0 bridgehead atoms. The number of aromatic nitrogens is 3. The van der Waals surface area contributed by atoms with E-state index in [1.807, 2.05) is 78.9 Å². The van der Waals surface area contributed by atoms with Gasteiger partial charge in [0.25, 0.3) is 5.92 Å². The van der Waals surface area contributed by atoms with Crippen molar-refractivity contribution in [2.45, 2.75) is 19.3 Å². The summed E-state index contributed by atoms with van der Waals surface area (Å²) in [6.45, 7) is 2.16. The summed E-state index contributed by atoms with van der Waals surface area (Å²) in [5.74, 6) is -1.23. The molecule has 2 aliphatic rings. The van der Waals surface area contributed by atoms with Gasteiger partial charge in [-0.15, -0.1) is 0 Å². The number of benzene rings is 5. The van der Waals surface area contributed by atoms with Crippen molar-refractivity contribution in [2.75, 3.05) is 0 Å². The van der Waals surface area contributed by atoms with Gasteiger partial charge in [-0.25, -0.2) is 15.0 Å². The molecular formula is C41H27F2N3O. The van der Waals surface area contributed by atoms with Gasteiger partial charge in [0.1, 0.15) is 11.2 Å².